The fourth-order valence-electron chi connectivity index (χ4n) is 1.28. The molecule has 0 saturated heterocycles. The van der Waals surface area contributed by atoms with Crippen molar-refractivity contribution in [2.45, 2.75) is 6.92 Å². The van der Waals surface area contributed by atoms with Crippen molar-refractivity contribution in [1.82, 2.24) is 0 Å². The second-order valence-corrected chi connectivity index (χ2v) is 3.43. The van der Waals surface area contributed by atoms with Gasteiger partial charge in [0.05, 0.1) is 13.6 Å². The number of hydrogen-bond acceptors (Lipinski definition) is 2. The maximum Gasteiger partial charge on any atom is 0.515 e. The summed E-state index contributed by atoms with van der Waals surface area (Å²) in [4.78, 5) is 0. The van der Waals surface area contributed by atoms with Gasteiger partial charge in [0.25, 0.3) is 0 Å². The van der Waals surface area contributed by atoms with Gasteiger partial charge in [-0.15, -0.1) is 0 Å². The first-order valence-electron chi connectivity index (χ1n) is 5.11. The fraction of sp³-hybridized carbons (Fsp3) is 0.273. The molecule has 0 radical (unpaired) electrons. The lowest BCUT2D eigenvalue weighted by Gasteiger charge is -2.17. The molecule has 1 rings (SSSR count). The van der Waals surface area contributed by atoms with Crippen LogP contribution in [0.2, 0.25) is 0 Å². The smallest absolute Gasteiger partial charge is 0.515 e. The third-order valence-electron chi connectivity index (χ3n) is 1.97. The van der Waals surface area contributed by atoms with Crippen LogP contribution >= 0.6 is 0 Å². The molecule has 2 nitrogen and oxygen atoms in total. The predicted octanol–water partition coefficient (Wildman–Crippen LogP) is 3.49. The van der Waals surface area contributed by atoms with Crippen LogP contribution in [0.25, 0.3) is 6.08 Å². The third-order valence-corrected chi connectivity index (χ3v) is 1.97. The zero-order chi connectivity index (χ0) is 12.9. The molecule has 6 heteroatoms. The molecule has 0 heterocycles. The van der Waals surface area contributed by atoms with Crippen LogP contribution in [0.1, 0.15) is 12.5 Å². The van der Waals surface area contributed by atoms with E-state index < -0.39 is 13.5 Å². The summed E-state index contributed by atoms with van der Waals surface area (Å²) in [5.74, 6) is 0.389. The number of benzene rings is 1. The van der Waals surface area contributed by atoms with Crippen LogP contribution < -0.4 is 9.47 Å². The Balaban J connectivity index is 2.85. The second kappa shape index (κ2) is 5.66. The number of rotatable bonds is 5. The van der Waals surface area contributed by atoms with Gasteiger partial charge in [-0.3, -0.25) is 0 Å². The topological polar surface area (TPSA) is 18.5 Å². The minimum absolute atomic E-state index is 0.0972. The van der Waals surface area contributed by atoms with E-state index in [9.17, 15) is 12.9 Å². The lowest BCUT2D eigenvalue weighted by atomic mass is 9.95. The normalized spacial score (nSPS) is 11.8. The Morgan fingerprint density at radius 3 is 2.47 bits per heavy atom. The van der Waals surface area contributed by atoms with Gasteiger partial charge < -0.3 is 22.4 Å². The van der Waals surface area contributed by atoms with Gasteiger partial charge in [-0.25, -0.2) is 0 Å². The molecule has 0 aliphatic rings. The molecule has 1 aromatic carbocycles. The molecule has 0 aliphatic carbocycles. The van der Waals surface area contributed by atoms with E-state index in [4.69, 9.17) is 4.74 Å². The molecule has 94 valence electrons. The highest BCUT2D eigenvalue weighted by Crippen LogP contribution is 2.29. The summed E-state index contributed by atoms with van der Waals surface area (Å²) in [5, 5.41) is 0. The van der Waals surface area contributed by atoms with E-state index in [2.05, 4.69) is 4.74 Å². The Hall–Kier alpha value is -1.59. The van der Waals surface area contributed by atoms with E-state index in [1.807, 2.05) is 19.1 Å². The Labute approximate surface area is 98.1 Å². The van der Waals surface area contributed by atoms with Crippen molar-refractivity contribution in [2.24, 2.45) is 0 Å². The largest absolute Gasteiger partial charge is 0.519 e. The van der Waals surface area contributed by atoms with Crippen molar-refractivity contribution in [1.29, 1.82) is 0 Å². The second-order valence-electron chi connectivity index (χ2n) is 3.43. The van der Waals surface area contributed by atoms with E-state index in [-0.39, 0.29) is 5.75 Å². The van der Waals surface area contributed by atoms with Crippen molar-refractivity contribution in [2.75, 3.05) is 13.6 Å². The fourth-order valence-corrected chi connectivity index (χ4v) is 1.28. The number of ether oxygens (including phenoxy) is 2. The van der Waals surface area contributed by atoms with Gasteiger partial charge in [-0.1, -0.05) is 18.2 Å². The molecule has 1 aromatic rings. The third kappa shape index (κ3) is 4.42. The lowest BCUT2D eigenvalue weighted by molar-refractivity contribution is 0.295. The van der Waals surface area contributed by atoms with E-state index in [0.29, 0.717) is 5.75 Å². The molecule has 0 N–H and O–H groups in total. The Bertz CT molecular complexity index is 402. The van der Waals surface area contributed by atoms with Crippen LogP contribution in [0.5, 0.6) is 11.5 Å². The SMILES string of the molecule is CC=Cc1ccc(OC[B-](F)(F)F)c(OC)c1. The van der Waals surface area contributed by atoms with Crippen molar-refractivity contribution >= 4 is 13.1 Å². The first-order valence-corrected chi connectivity index (χ1v) is 5.11. The van der Waals surface area contributed by atoms with Gasteiger partial charge in [0.2, 0.25) is 0 Å². The molecule has 0 aliphatic heterocycles. The summed E-state index contributed by atoms with van der Waals surface area (Å²) >= 11 is 0. The van der Waals surface area contributed by atoms with Crippen molar-refractivity contribution in [3.05, 3.63) is 29.8 Å². The van der Waals surface area contributed by atoms with E-state index >= 15 is 0 Å². The molecule has 0 unspecified atom stereocenters. The Morgan fingerprint density at radius 1 is 1.24 bits per heavy atom. The van der Waals surface area contributed by atoms with Crippen LogP contribution in [-0.4, -0.2) is 20.6 Å². The zero-order valence-corrected chi connectivity index (χ0v) is 9.62. The summed E-state index contributed by atoms with van der Waals surface area (Å²) in [6.07, 6.45) is 3.65. The first kappa shape index (κ1) is 13.5. The Kier molecular flexibility index (Phi) is 4.49. The van der Waals surface area contributed by atoms with Gasteiger partial charge in [0.15, 0.2) is 11.5 Å². The number of hydrogen-bond donors (Lipinski definition) is 0. The highest BCUT2D eigenvalue weighted by Gasteiger charge is 2.24. The van der Waals surface area contributed by atoms with Crippen LogP contribution in [-0.2, 0) is 0 Å². The van der Waals surface area contributed by atoms with Crippen molar-refractivity contribution in [3.8, 4) is 11.5 Å². The lowest BCUT2D eigenvalue weighted by Crippen LogP contribution is -2.26. The molecule has 0 saturated carbocycles. The minimum atomic E-state index is -4.96. The average Bonchev–Trinajstić information content (AvgIpc) is 2.26. The van der Waals surface area contributed by atoms with Gasteiger partial charge in [-0.2, -0.15) is 0 Å². The van der Waals surface area contributed by atoms with Crippen LogP contribution in [0, 0.1) is 0 Å². The molecule has 0 bridgehead atoms. The van der Waals surface area contributed by atoms with Gasteiger partial charge in [-0.05, 0) is 24.6 Å². The summed E-state index contributed by atoms with van der Waals surface area (Å²) in [6.45, 7) is -4.37. The molecule has 17 heavy (non-hydrogen) atoms. The van der Waals surface area contributed by atoms with Crippen molar-refractivity contribution < 1.29 is 22.4 Å². The number of methoxy groups -OCH3 is 1. The van der Waals surface area contributed by atoms with Crippen LogP contribution in [0.15, 0.2) is 24.3 Å². The molecular formula is C11H13BF3O2-. The molecule has 0 fully saturated rings. The van der Waals surface area contributed by atoms with E-state index in [0.717, 1.165) is 5.56 Å². The summed E-state index contributed by atoms with van der Waals surface area (Å²) < 4.78 is 45.8. The monoisotopic (exact) mass is 245 g/mol. The van der Waals surface area contributed by atoms with Gasteiger partial charge in [0.1, 0.15) is 0 Å². The summed E-state index contributed by atoms with van der Waals surface area (Å²) in [5.41, 5.74) is 0.842. The van der Waals surface area contributed by atoms with Gasteiger partial charge >= 0.3 is 6.98 Å². The molecule has 0 atom stereocenters. The highest BCUT2D eigenvalue weighted by atomic mass is 19.4. The maximum absolute atomic E-state index is 12.1. The number of allylic oxidation sites excluding steroid dienone is 1. The van der Waals surface area contributed by atoms with Gasteiger partial charge in [0, 0.05) is 0 Å². The quantitative estimate of drug-likeness (QED) is 0.739. The van der Waals surface area contributed by atoms with E-state index in [1.54, 1.807) is 12.1 Å². The predicted molar refractivity (Wildman–Crippen MR) is 62.3 cm³/mol. The standard InChI is InChI=1S/C11H13BF3O2/c1-3-4-9-5-6-10(11(7-9)16-2)17-8-12(13,14)15/h3-7H,8H2,1-2H3/q-1. The van der Waals surface area contributed by atoms with Crippen LogP contribution in [0.3, 0.4) is 0 Å². The first-order chi connectivity index (χ1) is 7.96. The zero-order valence-electron chi connectivity index (χ0n) is 9.62. The minimum Gasteiger partial charge on any atom is -0.519 e. The average molecular weight is 245 g/mol. The molecule has 0 spiro atoms. The molecule has 0 aromatic heterocycles. The van der Waals surface area contributed by atoms with Crippen molar-refractivity contribution in [3.63, 3.8) is 0 Å². The van der Waals surface area contributed by atoms with E-state index in [1.165, 1.54) is 13.2 Å². The molecular weight excluding hydrogens is 232 g/mol. The molecule has 0 amide bonds. The summed E-state index contributed by atoms with van der Waals surface area (Å²) in [7, 11) is 1.39. The maximum atomic E-state index is 12.1. The summed E-state index contributed by atoms with van der Waals surface area (Å²) in [6, 6.07) is 4.76. The number of halogens is 3. The highest BCUT2D eigenvalue weighted by molar-refractivity contribution is 6.58. The Morgan fingerprint density at radius 2 is 1.94 bits per heavy atom. The van der Waals surface area contributed by atoms with Crippen LogP contribution in [0.4, 0.5) is 12.9 Å².